The molecule has 5 nitrogen and oxygen atoms in total. The van der Waals surface area contributed by atoms with Crippen LogP contribution in [-0.4, -0.2) is 23.0 Å². The molecule has 1 atom stereocenters. The Morgan fingerprint density at radius 3 is 2.80 bits per heavy atom. The van der Waals surface area contributed by atoms with Gasteiger partial charge in [0.15, 0.2) is 15.2 Å². The van der Waals surface area contributed by atoms with Crippen molar-refractivity contribution in [1.82, 2.24) is 9.97 Å². The molecule has 0 aliphatic rings. The lowest BCUT2D eigenvalue weighted by atomic mass is 10.0. The van der Waals surface area contributed by atoms with E-state index < -0.39 is 5.97 Å². The number of carbonyl (C=O) groups excluding carboxylic acids is 1. The average Bonchev–Trinajstić information content (AvgIpc) is 3.00. The lowest BCUT2D eigenvalue weighted by Gasteiger charge is -2.18. The Kier molecular flexibility index (Phi) is 5.31. The Hall–Kier alpha value is -2.44. The van der Waals surface area contributed by atoms with E-state index >= 15 is 0 Å². The minimum atomic E-state index is -0.500. The maximum Gasteiger partial charge on any atom is 0.351 e. The van der Waals surface area contributed by atoms with Gasteiger partial charge >= 0.3 is 5.97 Å². The zero-order valence-corrected chi connectivity index (χ0v) is 15.3. The highest BCUT2D eigenvalue weighted by atomic mass is 35.5. The van der Waals surface area contributed by atoms with Crippen molar-refractivity contribution in [1.29, 1.82) is 0 Å². The molecule has 2 aromatic heterocycles. The van der Waals surface area contributed by atoms with E-state index in [2.05, 4.69) is 21.4 Å². The van der Waals surface area contributed by atoms with Crippen molar-refractivity contribution < 1.29 is 9.53 Å². The molecule has 0 bridgehead atoms. The van der Waals surface area contributed by atoms with E-state index in [0.717, 1.165) is 28.2 Å². The van der Waals surface area contributed by atoms with Crippen molar-refractivity contribution in [2.24, 2.45) is 0 Å². The first-order chi connectivity index (χ1) is 12.1. The van der Waals surface area contributed by atoms with Gasteiger partial charge in [-0.05, 0) is 24.6 Å². The second kappa shape index (κ2) is 7.63. The molecular formula is C18H16ClN3O2S. The quantitative estimate of drug-likeness (QED) is 0.667. The summed E-state index contributed by atoms with van der Waals surface area (Å²) in [5, 5.41) is 3.99. The van der Waals surface area contributed by atoms with Gasteiger partial charge in [0, 0.05) is 6.20 Å². The van der Waals surface area contributed by atoms with Gasteiger partial charge in [-0.3, -0.25) is 4.98 Å². The van der Waals surface area contributed by atoms with Gasteiger partial charge in [0.05, 0.1) is 18.8 Å². The number of nitrogens with one attached hydrogen (secondary N) is 1. The number of benzene rings is 1. The fourth-order valence-electron chi connectivity index (χ4n) is 2.43. The van der Waals surface area contributed by atoms with Crippen LogP contribution in [0.2, 0.25) is 5.15 Å². The number of aryl methyl sites for hydroxylation is 1. The Morgan fingerprint density at radius 1 is 1.28 bits per heavy atom. The SMILES string of the molecule is COC(=O)c1sc(NC(c2cccc(C)c2)c2ccccn2)nc1Cl. The van der Waals surface area contributed by atoms with Crippen molar-refractivity contribution in [3.8, 4) is 0 Å². The molecule has 2 heterocycles. The number of thiazole rings is 1. The Labute approximate surface area is 154 Å². The maximum atomic E-state index is 11.7. The summed E-state index contributed by atoms with van der Waals surface area (Å²) in [6.45, 7) is 2.04. The highest BCUT2D eigenvalue weighted by Gasteiger charge is 2.21. The number of ether oxygens (including phenoxy) is 1. The molecule has 1 aromatic carbocycles. The number of esters is 1. The van der Waals surface area contributed by atoms with Crippen LogP contribution in [0, 0.1) is 6.92 Å². The summed E-state index contributed by atoms with van der Waals surface area (Å²) in [5.74, 6) is -0.500. The van der Waals surface area contributed by atoms with Crippen LogP contribution in [0.15, 0.2) is 48.7 Å². The second-order valence-electron chi connectivity index (χ2n) is 5.38. The molecule has 0 saturated heterocycles. The summed E-state index contributed by atoms with van der Waals surface area (Å²) in [6, 6.07) is 13.7. The van der Waals surface area contributed by atoms with Crippen LogP contribution in [0.4, 0.5) is 5.13 Å². The molecule has 128 valence electrons. The highest BCUT2D eigenvalue weighted by molar-refractivity contribution is 7.18. The van der Waals surface area contributed by atoms with E-state index in [1.54, 1.807) is 6.20 Å². The van der Waals surface area contributed by atoms with E-state index in [1.807, 2.05) is 43.3 Å². The third-order valence-electron chi connectivity index (χ3n) is 3.58. The fourth-order valence-corrected chi connectivity index (χ4v) is 3.56. The van der Waals surface area contributed by atoms with E-state index in [9.17, 15) is 4.79 Å². The molecule has 0 amide bonds. The monoisotopic (exact) mass is 373 g/mol. The number of pyridine rings is 1. The molecule has 0 saturated carbocycles. The number of halogens is 1. The maximum absolute atomic E-state index is 11.7. The molecule has 0 spiro atoms. The second-order valence-corrected chi connectivity index (χ2v) is 6.73. The molecule has 0 aliphatic carbocycles. The third kappa shape index (κ3) is 3.97. The lowest BCUT2D eigenvalue weighted by molar-refractivity contribution is 0.0606. The van der Waals surface area contributed by atoms with Gasteiger partial charge in [-0.1, -0.05) is 58.8 Å². The number of carbonyl (C=O) groups is 1. The van der Waals surface area contributed by atoms with Gasteiger partial charge in [-0.2, -0.15) is 0 Å². The molecular weight excluding hydrogens is 358 g/mol. The molecule has 25 heavy (non-hydrogen) atoms. The van der Waals surface area contributed by atoms with Crippen LogP contribution in [0.1, 0.15) is 32.5 Å². The molecule has 3 rings (SSSR count). The predicted octanol–water partition coefficient (Wildman–Crippen LogP) is 4.49. The largest absolute Gasteiger partial charge is 0.465 e. The third-order valence-corrected chi connectivity index (χ3v) is 4.94. The summed E-state index contributed by atoms with van der Waals surface area (Å²) >= 11 is 7.22. The Bertz CT molecular complexity index is 883. The van der Waals surface area contributed by atoms with E-state index in [4.69, 9.17) is 16.3 Å². The van der Waals surface area contributed by atoms with E-state index in [0.29, 0.717) is 5.13 Å². The first-order valence-corrected chi connectivity index (χ1v) is 8.76. The molecule has 3 aromatic rings. The van der Waals surface area contributed by atoms with E-state index in [-0.39, 0.29) is 16.1 Å². The normalized spacial score (nSPS) is 11.8. The van der Waals surface area contributed by atoms with Gasteiger partial charge in [0.1, 0.15) is 0 Å². The highest BCUT2D eigenvalue weighted by Crippen LogP contribution is 2.32. The first-order valence-electron chi connectivity index (χ1n) is 7.57. The lowest BCUT2D eigenvalue weighted by Crippen LogP contribution is -2.13. The van der Waals surface area contributed by atoms with Crippen LogP contribution in [0.5, 0.6) is 0 Å². The zero-order valence-electron chi connectivity index (χ0n) is 13.7. The summed E-state index contributed by atoms with van der Waals surface area (Å²) < 4.78 is 4.73. The topological polar surface area (TPSA) is 64.1 Å². The molecule has 1 N–H and O–H groups in total. The smallest absolute Gasteiger partial charge is 0.351 e. The number of hydrogen-bond acceptors (Lipinski definition) is 6. The minimum Gasteiger partial charge on any atom is -0.465 e. The molecule has 0 radical (unpaired) electrons. The fraction of sp³-hybridized carbons (Fsp3) is 0.167. The summed E-state index contributed by atoms with van der Waals surface area (Å²) in [4.78, 5) is 20.7. The Balaban J connectivity index is 1.97. The number of nitrogens with zero attached hydrogens (tertiary/aromatic N) is 2. The van der Waals surface area contributed by atoms with Crippen LogP contribution in [0.3, 0.4) is 0 Å². The number of aromatic nitrogens is 2. The molecule has 0 fully saturated rings. The van der Waals surface area contributed by atoms with Crippen LogP contribution in [0.25, 0.3) is 0 Å². The standard InChI is InChI=1S/C18H16ClN3O2S/c1-11-6-5-7-12(10-11)14(13-8-3-4-9-20-13)21-18-22-16(19)15(25-18)17(23)24-2/h3-10,14H,1-2H3,(H,21,22). The van der Waals surface area contributed by atoms with Gasteiger partial charge in [0.25, 0.3) is 0 Å². The van der Waals surface area contributed by atoms with Gasteiger partial charge in [-0.15, -0.1) is 0 Å². The van der Waals surface area contributed by atoms with Crippen molar-refractivity contribution in [3.05, 3.63) is 75.5 Å². The number of methoxy groups -OCH3 is 1. The summed E-state index contributed by atoms with van der Waals surface area (Å²) in [5.41, 5.74) is 3.04. The van der Waals surface area contributed by atoms with Gasteiger partial charge in [-0.25, -0.2) is 9.78 Å². The van der Waals surface area contributed by atoms with Crippen molar-refractivity contribution in [2.45, 2.75) is 13.0 Å². The van der Waals surface area contributed by atoms with Crippen molar-refractivity contribution >= 4 is 34.0 Å². The molecule has 7 heteroatoms. The van der Waals surface area contributed by atoms with Crippen LogP contribution in [-0.2, 0) is 4.74 Å². The summed E-state index contributed by atoms with van der Waals surface area (Å²) in [7, 11) is 1.31. The predicted molar refractivity (Wildman–Crippen MR) is 99.3 cm³/mol. The summed E-state index contributed by atoms with van der Waals surface area (Å²) in [6.07, 6.45) is 1.74. The van der Waals surface area contributed by atoms with Crippen molar-refractivity contribution in [2.75, 3.05) is 12.4 Å². The number of anilines is 1. The molecule has 0 aliphatic heterocycles. The van der Waals surface area contributed by atoms with Crippen LogP contribution >= 0.6 is 22.9 Å². The zero-order chi connectivity index (χ0) is 17.8. The van der Waals surface area contributed by atoms with Gasteiger partial charge < -0.3 is 10.1 Å². The number of rotatable bonds is 5. The Morgan fingerprint density at radius 2 is 2.12 bits per heavy atom. The van der Waals surface area contributed by atoms with Gasteiger partial charge in [0.2, 0.25) is 0 Å². The number of hydrogen-bond donors (Lipinski definition) is 1. The van der Waals surface area contributed by atoms with Crippen molar-refractivity contribution in [3.63, 3.8) is 0 Å². The van der Waals surface area contributed by atoms with E-state index in [1.165, 1.54) is 7.11 Å². The minimum absolute atomic E-state index is 0.128. The van der Waals surface area contributed by atoms with Crippen LogP contribution < -0.4 is 5.32 Å². The first kappa shape index (κ1) is 17.4. The average molecular weight is 374 g/mol. The molecule has 1 unspecified atom stereocenters.